The molecule has 0 bridgehead atoms. The number of anilines is 1. The molecule has 0 spiro atoms. The Morgan fingerprint density at radius 3 is 2.53 bits per heavy atom. The van der Waals surface area contributed by atoms with Crippen LogP contribution in [0.2, 0.25) is 0 Å². The molecule has 0 radical (unpaired) electrons. The summed E-state index contributed by atoms with van der Waals surface area (Å²) in [6.45, 7) is 7.35. The van der Waals surface area contributed by atoms with Crippen molar-refractivity contribution in [2.24, 2.45) is 0 Å². The third-order valence-corrected chi connectivity index (χ3v) is 5.62. The van der Waals surface area contributed by atoms with E-state index in [1.54, 1.807) is 32.9 Å². The molecule has 3 rings (SSSR count). The van der Waals surface area contributed by atoms with Crippen LogP contribution in [0.5, 0.6) is 0 Å². The van der Waals surface area contributed by atoms with Gasteiger partial charge in [0.15, 0.2) is 5.13 Å². The van der Waals surface area contributed by atoms with Gasteiger partial charge in [-0.25, -0.2) is 14.2 Å². The number of aromatic nitrogens is 2. The molecule has 2 heterocycles. The van der Waals surface area contributed by atoms with Gasteiger partial charge >= 0.3 is 5.97 Å². The van der Waals surface area contributed by atoms with E-state index in [-0.39, 0.29) is 24.9 Å². The molecule has 30 heavy (non-hydrogen) atoms. The zero-order valence-corrected chi connectivity index (χ0v) is 18.0. The summed E-state index contributed by atoms with van der Waals surface area (Å²) < 4.78 is 23.6. The first kappa shape index (κ1) is 21.6. The lowest BCUT2D eigenvalue weighted by Gasteiger charge is -2.20. The van der Waals surface area contributed by atoms with Gasteiger partial charge in [0.25, 0.3) is 5.91 Å². The summed E-state index contributed by atoms with van der Waals surface area (Å²) in [5, 5.41) is 4.30. The van der Waals surface area contributed by atoms with Crippen molar-refractivity contribution >= 4 is 28.3 Å². The monoisotopic (exact) mass is 431 g/mol. The summed E-state index contributed by atoms with van der Waals surface area (Å²) in [5.74, 6) is -0.795. The lowest BCUT2D eigenvalue weighted by molar-refractivity contribution is 0.0531. The van der Waals surface area contributed by atoms with Gasteiger partial charge in [0.05, 0.1) is 24.5 Å². The average molecular weight is 431 g/mol. The molecule has 7 nitrogen and oxygen atoms in total. The minimum Gasteiger partial charge on any atom is -0.462 e. The maximum Gasteiger partial charge on any atom is 0.350 e. The number of carbonyl (C=O) groups is 2. The van der Waals surface area contributed by atoms with Gasteiger partial charge in [-0.15, -0.1) is 0 Å². The summed E-state index contributed by atoms with van der Waals surface area (Å²) in [4.78, 5) is 32.0. The van der Waals surface area contributed by atoms with Crippen molar-refractivity contribution < 1.29 is 23.2 Å². The molecule has 3 aromatic rings. The highest BCUT2D eigenvalue weighted by molar-refractivity contribution is 7.17. The van der Waals surface area contributed by atoms with Crippen LogP contribution in [0.25, 0.3) is 0 Å². The van der Waals surface area contributed by atoms with E-state index in [0.717, 1.165) is 11.3 Å². The topological polar surface area (TPSA) is 85.5 Å². The second-order valence-electron chi connectivity index (χ2n) is 6.56. The number of amides is 1. The average Bonchev–Trinajstić information content (AvgIpc) is 3.29. The molecule has 1 amide bonds. The molecule has 0 aliphatic rings. The van der Waals surface area contributed by atoms with Gasteiger partial charge in [-0.2, -0.15) is 0 Å². The molecular formula is C21H22FN3O4S. The Morgan fingerprint density at radius 2 is 1.90 bits per heavy atom. The number of esters is 1. The van der Waals surface area contributed by atoms with Crippen molar-refractivity contribution in [2.75, 3.05) is 11.5 Å². The Hall–Kier alpha value is -3.07. The molecule has 0 saturated heterocycles. The van der Waals surface area contributed by atoms with Crippen LogP contribution < -0.4 is 4.90 Å². The molecule has 0 aliphatic heterocycles. The second kappa shape index (κ2) is 9.17. The smallest absolute Gasteiger partial charge is 0.350 e. The molecule has 1 aromatic carbocycles. The zero-order chi connectivity index (χ0) is 21.8. The van der Waals surface area contributed by atoms with Gasteiger partial charge in [0.2, 0.25) is 0 Å². The molecular weight excluding hydrogens is 409 g/mol. The maximum atomic E-state index is 13.5. The fourth-order valence-electron chi connectivity index (χ4n) is 2.95. The number of benzene rings is 1. The Kier molecular flexibility index (Phi) is 6.61. The molecule has 158 valence electrons. The van der Waals surface area contributed by atoms with E-state index in [9.17, 15) is 14.0 Å². The van der Waals surface area contributed by atoms with Crippen LogP contribution in [0.4, 0.5) is 9.52 Å². The van der Waals surface area contributed by atoms with Gasteiger partial charge < -0.3 is 9.26 Å². The number of ether oxygens (including phenoxy) is 1. The largest absolute Gasteiger partial charge is 0.462 e. The quantitative estimate of drug-likeness (QED) is 0.513. The van der Waals surface area contributed by atoms with Crippen LogP contribution in [0.15, 0.2) is 28.8 Å². The van der Waals surface area contributed by atoms with E-state index in [1.165, 1.54) is 17.0 Å². The fourth-order valence-corrected chi connectivity index (χ4v) is 3.91. The molecule has 0 fully saturated rings. The molecule has 0 saturated carbocycles. The lowest BCUT2D eigenvalue weighted by atomic mass is 10.1. The third-order valence-electron chi connectivity index (χ3n) is 4.46. The number of hydrogen-bond acceptors (Lipinski definition) is 7. The molecule has 0 N–H and O–H groups in total. The van der Waals surface area contributed by atoms with Gasteiger partial charge in [0.1, 0.15) is 22.0 Å². The number of hydrogen-bond donors (Lipinski definition) is 0. The van der Waals surface area contributed by atoms with Crippen LogP contribution in [0.3, 0.4) is 0 Å². The maximum absolute atomic E-state index is 13.5. The van der Waals surface area contributed by atoms with Crippen LogP contribution in [0, 0.1) is 19.7 Å². The number of carbonyl (C=O) groups excluding carboxylic acids is 2. The minimum absolute atomic E-state index is 0.141. The standard InChI is InChI=1S/C21H22FN3O4S/c1-5-16-17(13(4)29-24-16)19(26)25(11-14-7-9-15(22)10-8-14)21-23-12(3)18(30-21)20(27)28-6-2/h7-10H,5-6,11H2,1-4H3. The number of thiazole rings is 1. The molecule has 9 heteroatoms. The Labute approximate surface area is 177 Å². The predicted octanol–water partition coefficient (Wildman–Crippen LogP) is 4.47. The fraction of sp³-hybridized carbons (Fsp3) is 0.333. The number of halogens is 1. The number of rotatable bonds is 7. The van der Waals surface area contributed by atoms with E-state index < -0.39 is 5.97 Å². The predicted molar refractivity (Wildman–Crippen MR) is 110 cm³/mol. The van der Waals surface area contributed by atoms with E-state index in [0.29, 0.717) is 44.7 Å². The van der Waals surface area contributed by atoms with Crippen LogP contribution in [-0.2, 0) is 17.7 Å². The molecule has 0 atom stereocenters. The van der Waals surface area contributed by atoms with Gasteiger partial charge in [-0.1, -0.05) is 35.5 Å². The summed E-state index contributed by atoms with van der Waals surface area (Å²) >= 11 is 1.08. The second-order valence-corrected chi connectivity index (χ2v) is 7.54. The van der Waals surface area contributed by atoms with Gasteiger partial charge in [0, 0.05) is 0 Å². The highest BCUT2D eigenvalue weighted by Gasteiger charge is 2.29. The number of aryl methyl sites for hydroxylation is 3. The van der Waals surface area contributed by atoms with Crippen molar-refractivity contribution in [1.29, 1.82) is 0 Å². The summed E-state index contributed by atoms with van der Waals surface area (Å²) in [7, 11) is 0. The SMILES string of the molecule is CCOC(=O)c1sc(N(Cc2ccc(F)cc2)C(=O)c2c(CC)noc2C)nc1C. The van der Waals surface area contributed by atoms with E-state index in [4.69, 9.17) is 9.26 Å². The van der Waals surface area contributed by atoms with Crippen molar-refractivity contribution in [3.8, 4) is 0 Å². The van der Waals surface area contributed by atoms with Crippen LogP contribution >= 0.6 is 11.3 Å². The first-order valence-electron chi connectivity index (χ1n) is 9.51. The Balaban J connectivity index is 2.04. The molecule has 2 aromatic heterocycles. The van der Waals surface area contributed by atoms with Gasteiger partial charge in [-0.3, -0.25) is 9.69 Å². The highest BCUT2D eigenvalue weighted by atomic mass is 32.1. The summed E-state index contributed by atoms with van der Waals surface area (Å²) in [5.41, 5.74) is 2.09. The highest BCUT2D eigenvalue weighted by Crippen LogP contribution is 2.30. The zero-order valence-electron chi connectivity index (χ0n) is 17.2. The van der Waals surface area contributed by atoms with Crippen molar-refractivity contribution in [1.82, 2.24) is 10.1 Å². The Morgan fingerprint density at radius 1 is 1.20 bits per heavy atom. The normalized spacial score (nSPS) is 10.8. The summed E-state index contributed by atoms with van der Waals surface area (Å²) in [6, 6.07) is 5.86. The summed E-state index contributed by atoms with van der Waals surface area (Å²) in [6.07, 6.45) is 0.522. The van der Waals surface area contributed by atoms with Crippen molar-refractivity contribution in [2.45, 2.75) is 40.7 Å². The third kappa shape index (κ3) is 4.40. The first-order valence-corrected chi connectivity index (χ1v) is 10.3. The van der Waals surface area contributed by atoms with E-state index in [1.807, 2.05) is 6.92 Å². The first-order chi connectivity index (χ1) is 14.3. The van der Waals surface area contributed by atoms with E-state index >= 15 is 0 Å². The molecule has 0 aliphatic carbocycles. The molecule has 0 unspecified atom stereocenters. The van der Waals surface area contributed by atoms with Crippen LogP contribution in [0.1, 0.15) is 56.6 Å². The Bertz CT molecular complexity index is 1060. The lowest BCUT2D eigenvalue weighted by Crippen LogP contribution is -2.31. The van der Waals surface area contributed by atoms with Crippen molar-refractivity contribution in [3.63, 3.8) is 0 Å². The van der Waals surface area contributed by atoms with Gasteiger partial charge in [-0.05, 0) is 44.9 Å². The van der Waals surface area contributed by atoms with E-state index in [2.05, 4.69) is 10.1 Å². The number of nitrogens with zero attached hydrogens (tertiary/aromatic N) is 3. The minimum atomic E-state index is -0.483. The van der Waals surface area contributed by atoms with Crippen molar-refractivity contribution in [3.05, 3.63) is 63.2 Å². The van der Waals surface area contributed by atoms with Crippen LogP contribution in [-0.4, -0.2) is 28.6 Å².